The van der Waals surface area contributed by atoms with Crippen LogP contribution in [-0.2, 0) is 13.1 Å². The third-order valence-corrected chi connectivity index (χ3v) is 5.90. The largest absolute Gasteiger partial charge is 0.485 e. The Bertz CT molecular complexity index is 1370. The van der Waals surface area contributed by atoms with Gasteiger partial charge in [-0.2, -0.15) is 0 Å². The van der Waals surface area contributed by atoms with Crippen molar-refractivity contribution in [2.75, 3.05) is 0 Å². The molecule has 5 aromatic rings. The summed E-state index contributed by atoms with van der Waals surface area (Å²) in [6, 6.07) is 31.8. The lowest BCUT2D eigenvalue weighted by atomic mass is 10.1. The van der Waals surface area contributed by atoms with Gasteiger partial charge in [0, 0.05) is 11.9 Å². The van der Waals surface area contributed by atoms with E-state index in [1.54, 1.807) is 6.26 Å². The van der Waals surface area contributed by atoms with E-state index < -0.39 is 0 Å². The summed E-state index contributed by atoms with van der Waals surface area (Å²) in [5.41, 5.74) is 3.74. The van der Waals surface area contributed by atoms with Crippen LogP contribution in [0.1, 0.15) is 40.4 Å². The van der Waals surface area contributed by atoms with Crippen molar-refractivity contribution in [3.63, 3.8) is 0 Å². The van der Waals surface area contributed by atoms with Gasteiger partial charge in [0.2, 0.25) is 0 Å². The smallest absolute Gasteiger partial charge is 0.268 e. The predicted octanol–water partition coefficient (Wildman–Crippen LogP) is 6.35. The first kappa shape index (κ1) is 21.6. The number of ether oxygens (including phenoxy) is 1. The van der Waals surface area contributed by atoms with E-state index in [-0.39, 0.29) is 12.0 Å². The number of nitrogens with zero attached hydrogens (tertiary/aromatic N) is 1. The quantitative estimate of drug-likeness (QED) is 0.300. The van der Waals surface area contributed by atoms with Crippen LogP contribution < -0.4 is 10.1 Å². The van der Waals surface area contributed by atoms with Crippen LogP contribution in [0, 0.1) is 0 Å². The van der Waals surface area contributed by atoms with Crippen LogP contribution >= 0.6 is 0 Å². The number of carbonyl (C=O) groups excluding carboxylic acids is 1. The van der Waals surface area contributed by atoms with Crippen LogP contribution in [0.25, 0.3) is 10.9 Å². The lowest BCUT2D eigenvalue weighted by Gasteiger charge is -2.16. The average molecular weight is 451 g/mol. The summed E-state index contributed by atoms with van der Waals surface area (Å²) in [7, 11) is 0. The molecule has 1 unspecified atom stereocenters. The maximum absolute atomic E-state index is 13.3. The maximum Gasteiger partial charge on any atom is 0.268 e. The van der Waals surface area contributed by atoms with E-state index in [2.05, 4.69) is 29.6 Å². The van der Waals surface area contributed by atoms with Crippen molar-refractivity contribution in [3.05, 3.63) is 126 Å². The van der Waals surface area contributed by atoms with Gasteiger partial charge in [0.05, 0.1) is 18.3 Å². The summed E-state index contributed by atoms with van der Waals surface area (Å²) in [4.78, 5) is 13.3. The van der Waals surface area contributed by atoms with E-state index in [0.29, 0.717) is 24.5 Å². The average Bonchev–Trinajstić information content (AvgIpc) is 3.53. The molecule has 0 bridgehead atoms. The number of furan rings is 1. The minimum absolute atomic E-state index is 0.125. The Kier molecular flexibility index (Phi) is 6.17. The second-order valence-corrected chi connectivity index (χ2v) is 8.22. The zero-order chi connectivity index (χ0) is 23.3. The number of hydrogen-bond acceptors (Lipinski definition) is 3. The van der Waals surface area contributed by atoms with Crippen LogP contribution in [0.4, 0.5) is 0 Å². The van der Waals surface area contributed by atoms with E-state index in [1.807, 2.05) is 84.3 Å². The van der Waals surface area contributed by atoms with E-state index in [1.165, 1.54) is 0 Å². The van der Waals surface area contributed by atoms with Gasteiger partial charge in [-0.25, -0.2) is 0 Å². The second-order valence-electron chi connectivity index (χ2n) is 8.22. The molecular formula is C29H26N2O3. The number of amides is 1. The molecular weight excluding hydrogens is 424 g/mol. The number of aromatic nitrogens is 1. The fourth-order valence-corrected chi connectivity index (χ4v) is 4.14. The third-order valence-electron chi connectivity index (χ3n) is 5.90. The summed E-state index contributed by atoms with van der Waals surface area (Å²) in [5.74, 6) is 1.30. The van der Waals surface area contributed by atoms with Crippen molar-refractivity contribution in [2.45, 2.75) is 26.1 Å². The number of hydrogen-bond donors (Lipinski definition) is 1. The SMILES string of the molecule is CC(Oc1cccc2c1cc(C(=O)NCc1ccco1)n2Cc1ccccc1)c1ccccc1. The van der Waals surface area contributed by atoms with Crippen LogP contribution in [0.2, 0.25) is 0 Å². The first-order valence-electron chi connectivity index (χ1n) is 11.4. The molecule has 0 aliphatic rings. The van der Waals surface area contributed by atoms with Crippen LogP contribution in [-0.4, -0.2) is 10.5 Å². The van der Waals surface area contributed by atoms with Gasteiger partial charge < -0.3 is 19.0 Å². The molecule has 0 aliphatic heterocycles. The van der Waals surface area contributed by atoms with Crippen molar-refractivity contribution >= 4 is 16.8 Å². The van der Waals surface area contributed by atoms with Gasteiger partial charge in [0.25, 0.3) is 5.91 Å². The Balaban J connectivity index is 1.51. The molecule has 3 aromatic carbocycles. The van der Waals surface area contributed by atoms with Crippen molar-refractivity contribution in [1.29, 1.82) is 0 Å². The fourth-order valence-electron chi connectivity index (χ4n) is 4.14. The summed E-state index contributed by atoms with van der Waals surface area (Å²) in [6.07, 6.45) is 1.48. The Labute approximate surface area is 198 Å². The molecule has 1 atom stereocenters. The summed E-state index contributed by atoms with van der Waals surface area (Å²) in [6.45, 7) is 2.94. The Morgan fingerprint density at radius 2 is 1.71 bits per heavy atom. The first-order valence-corrected chi connectivity index (χ1v) is 11.4. The van der Waals surface area contributed by atoms with Crippen LogP contribution in [0.5, 0.6) is 5.75 Å². The molecule has 0 saturated heterocycles. The van der Waals surface area contributed by atoms with Crippen LogP contribution in [0.3, 0.4) is 0 Å². The highest BCUT2D eigenvalue weighted by Gasteiger charge is 2.19. The minimum Gasteiger partial charge on any atom is -0.485 e. The Morgan fingerprint density at radius 3 is 2.44 bits per heavy atom. The van der Waals surface area contributed by atoms with Gasteiger partial charge in [-0.1, -0.05) is 66.7 Å². The third kappa shape index (κ3) is 4.59. The van der Waals surface area contributed by atoms with Crippen molar-refractivity contribution < 1.29 is 13.9 Å². The number of nitrogens with one attached hydrogen (secondary N) is 1. The van der Waals surface area contributed by atoms with Gasteiger partial charge in [-0.05, 0) is 48.4 Å². The molecule has 2 heterocycles. The molecule has 1 amide bonds. The van der Waals surface area contributed by atoms with Crippen molar-refractivity contribution in [2.24, 2.45) is 0 Å². The summed E-state index contributed by atoms with van der Waals surface area (Å²) >= 11 is 0. The summed E-state index contributed by atoms with van der Waals surface area (Å²) in [5, 5.41) is 3.89. The molecule has 1 N–H and O–H groups in total. The van der Waals surface area contributed by atoms with Crippen LogP contribution in [0.15, 0.2) is 108 Å². The second kappa shape index (κ2) is 9.71. The minimum atomic E-state index is -0.161. The topological polar surface area (TPSA) is 56.4 Å². The molecule has 5 heteroatoms. The van der Waals surface area contributed by atoms with E-state index >= 15 is 0 Å². The molecule has 5 rings (SSSR count). The molecule has 5 nitrogen and oxygen atoms in total. The maximum atomic E-state index is 13.3. The lowest BCUT2D eigenvalue weighted by molar-refractivity contribution is 0.0939. The highest BCUT2D eigenvalue weighted by atomic mass is 16.5. The normalized spacial score (nSPS) is 11.9. The molecule has 0 radical (unpaired) electrons. The number of benzene rings is 3. The number of fused-ring (bicyclic) bond motifs is 1. The van der Waals surface area contributed by atoms with Gasteiger partial charge in [-0.3, -0.25) is 4.79 Å². The van der Waals surface area contributed by atoms with E-state index in [9.17, 15) is 4.79 Å². The highest BCUT2D eigenvalue weighted by molar-refractivity contribution is 6.00. The zero-order valence-electron chi connectivity index (χ0n) is 19.0. The molecule has 170 valence electrons. The number of rotatable bonds is 8. The number of carbonyl (C=O) groups is 1. The molecule has 34 heavy (non-hydrogen) atoms. The van der Waals surface area contributed by atoms with E-state index in [4.69, 9.17) is 9.15 Å². The Hall–Kier alpha value is -4.25. The first-order chi connectivity index (χ1) is 16.7. The molecule has 0 aliphatic carbocycles. The van der Waals surface area contributed by atoms with Crippen molar-refractivity contribution in [1.82, 2.24) is 9.88 Å². The van der Waals surface area contributed by atoms with Crippen molar-refractivity contribution in [3.8, 4) is 5.75 Å². The van der Waals surface area contributed by atoms with Gasteiger partial charge in [0.15, 0.2) is 0 Å². The lowest BCUT2D eigenvalue weighted by Crippen LogP contribution is -2.25. The summed E-state index contributed by atoms with van der Waals surface area (Å²) < 4.78 is 13.8. The molecule has 0 fully saturated rings. The van der Waals surface area contributed by atoms with E-state index in [0.717, 1.165) is 27.8 Å². The zero-order valence-corrected chi connectivity index (χ0v) is 19.0. The fraction of sp³-hybridized carbons (Fsp3) is 0.138. The van der Waals surface area contributed by atoms with Gasteiger partial charge in [-0.15, -0.1) is 0 Å². The molecule has 0 saturated carbocycles. The standard InChI is InChI=1S/C29H26N2O3/c1-21(23-12-6-3-7-13-23)34-28-16-8-15-26-25(28)18-27(29(32)30-19-24-14-9-17-33-24)31(26)20-22-10-4-2-5-11-22/h2-18,21H,19-20H2,1H3,(H,30,32). The molecule has 0 spiro atoms. The Morgan fingerprint density at radius 1 is 0.941 bits per heavy atom. The van der Waals surface area contributed by atoms with Gasteiger partial charge >= 0.3 is 0 Å². The monoisotopic (exact) mass is 450 g/mol. The highest BCUT2D eigenvalue weighted by Crippen LogP contribution is 2.33. The van der Waals surface area contributed by atoms with Gasteiger partial charge in [0.1, 0.15) is 23.3 Å². The molecule has 2 aromatic heterocycles. The predicted molar refractivity (Wildman–Crippen MR) is 133 cm³/mol.